The maximum Gasteiger partial charge on any atom is 0.243 e. The molecule has 1 amide bonds. The minimum absolute atomic E-state index is 0.0180. The SMILES string of the molecule is O=C(CCNS(=O)(=O)c1ccccc1F)NC1CCCNC1. The van der Waals surface area contributed by atoms with E-state index in [1.165, 1.54) is 18.2 Å². The van der Waals surface area contributed by atoms with Gasteiger partial charge in [-0.1, -0.05) is 12.1 Å². The van der Waals surface area contributed by atoms with Crippen molar-refractivity contribution in [3.8, 4) is 0 Å². The summed E-state index contributed by atoms with van der Waals surface area (Å²) < 4.78 is 39.6. The van der Waals surface area contributed by atoms with Crippen LogP contribution in [0.25, 0.3) is 0 Å². The van der Waals surface area contributed by atoms with Gasteiger partial charge in [-0.25, -0.2) is 17.5 Å². The van der Waals surface area contributed by atoms with Gasteiger partial charge in [0.05, 0.1) is 0 Å². The molecule has 1 aliphatic rings. The fourth-order valence-electron chi connectivity index (χ4n) is 2.31. The van der Waals surface area contributed by atoms with Crippen LogP contribution in [0.5, 0.6) is 0 Å². The highest BCUT2D eigenvalue weighted by Crippen LogP contribution is 2.12. The summed E-state index contributed by atoms with van der Waals surface area (Å²) in [6, 6.07) is 5.22. The van der Waals surface area contributed by atoms with Crippen molar-refractivity contribution < 1.29 is 17.6 Å². The van der Waals surface area contributed by atoms with E-state index in [9.17, 15) is 17.6 Å². The van der Waals surface area contributed by atoms with Crippen LogP contribution in [0.2, 0.25) is 0 Å². The average molecular weight is 329 g/mol. The zero-order valence-corrected chi connectivity index (χ0v) is 13.0. The molecule has 0 aromatic heterocycles. The second kappa shape index (κ2) is 7.66. The molecule has 2 rings (SSSR count). The van der Waals surface area contributed by atoms with Gasteiger partial charge in [0.15, 0.2) is 0 Å². The van der Waals surface area contributed by atoms with E-state index in [1.54, 1.807) is 0 Å². The number of sulfonamides is 1. The van der Waals surface area contributed by atoms with Gasteiger partial charge in [-0.2, -0.15) is 0 Å². The van der Waals surface area contributed by atoms with E-state index >= 15 is 0 Å². The van der Waals surface area contributed by atoms with Gasteiger partial charge >= 0.3 is 0 Å². The van der Waals surface area contributed by atoms with Crippen LogP contribution in [0.4, 0.5) is 4.39 Å². The summed E-state index contributed by atoms with van der Waals surface area (Å²) in [6.07, 6.45) is 1.94. The first kappa shape index (κ1) is 16.9. The molecule has 8 heteroatoms. The zero-order valence-electron chi connectivity index (χ0n) is 12.1. The molecule has 22 heavy (non-hydrogen) atoms. The van der Waals surface area contributed by atoms with Crippen LogP contribution >= 0.6 is 0 Å². The third-order valence-electron chi connectivity index (χ3n) is 3.43. The lowest BCUT2D eigenvalue weighted by molar-refractivity contribution is -0.121. The Morgan fingerprint density at radius 1 is 1.36 bits per heavy atom. The molecule has 1 aromatic carbocycles. The predicted molar refractivity (Wildman–Crippen MR) is 80.2 cm³/mol. The summed E-state index contributed by atoms with van der Waals surface area (Å²) in [5, 5.41) is 6.03. The highest BCUT2D eigenvalue weighted by molar-refractivity contribution is 7.89. The Labute approximate surface area is 129 Å². The summed E-state index contributed by atoms with van der Waals surface area (Å²) in [5.41, 5.74) is 0. The van der Waals surface area contributed by atoms with Crippen LogP contribution in [0, 0.1) is 5.82 Å². The smallest absolute Gasteiger partial charge is 0.243 e. The molecule has 6 nitrogen and oxygen atoms in total. The fraction of sp³-hybridized carbons (Fsp3) is 0.500. The molecule has 1 aliphatic heterocycles. The maximum atomic E-state index is 13.5. The van der Waals surface area contributed by atoms with Gasteiger partial charge in [0.1, 0.15) is 10.7 Å². The van der Waals surface area contributed by atoms with Crippen molar-refractivity contribution >= 4 is 15.9 Å². The molecule has 0 saturated carbocycles. The van der Waals surface area contributed by atoms with Crippen molar-refractivity contribution in [3.05, 3.63) is 30.1 Å². The number of hydrogen-bond acceptors (Lipinski definition) is 4. The number of rotatable bonds is 6. The largest absolute Gasteiger partial charge is 0.352 e. The van der Waals surface area contributed by atoms with E-state index in [0.717, 1.165) is 32.0 Å². The van der Waals surface area contributed by atoms with E-state index < -0.39 is 20.7 Å². The molecule has 3 N–H and O–H groups in total. The molecule has 0 radical (unpaired) electrons. The van der Waals surface area contributed by atoms with E-state index in [-0.39, 0.29) is 24.9 Å². The van der Waals surface area contributed by atoms with Gasteiger partial charge in [0.2, 0.25) is 15.9 Å². The highest BCUT2D eigenvalue weighted by atomic mass is 32.2. The zero-order chi connectivity index (χ0) is 16.0. The Morgan fingerprint density at radius 2 is 2.14 bits per heavy atom. The van der Waals surface area contributed by atoms with Crippen LogP contribution in [0.15, 0.2) is 29.2 Å². The normalized spacial score (nSPS) is 18.9. The number of halogens is 1. The van der Waals surface area contributed by atoms with Crippen LogP contribution in [0.1, 0.15) is 19.3 Å². The second-order valence-electron chi connectivity index (χ2n) is 5.19. The first-order valence-corrected chi connectivity index (χ1v) is 8.71. The molecule has 1 fully saturated rings. The Kier molecular flexibility index (Phi) is 5.87. The van der Waals surface area contributed by atoms with Gasteiger partial charge in [-0.05, 0) is 31.5 Å². The summed E-state index contributed by atoms with van der Waals surface area (Å²) in [5.74, 6) is -1.03. The topological polar surface area (TPSA) is 87.3 Å². The van der Waals surface area contributed by atoms with Gasteiger partial charge in [0.25, 0.3) is 0 Å². The minimum atomic E-state index is -3.94. The van der Waals surface area contributed by atoms with E-state index in [1.807, 2.05) is 0 Å². The summed E-state index contributed by atoms with van der Waals surface area (Å²) in [4.78, 5) is 11.3. The molecule has 1 saturated heterocycles. The van der Waals surface area contributed by atoms with Crippen LogP contribution in [0.3, 0.4) is 0 Å². The lowest BCUT2D eigenvalue weighted by Gasteiger charge is -2.23. The van der Waals surface area contributed by atoms with Crippen molar-refractivity contribution in [1.82, 2.24) is 15.4 Å². The van der Waals surface area contributed by atoms with Crippen molar-refractivity contribution in [3.63, 3.8) is 0 Å². The molecule has 1 atom stereocenters. The van der Waals surface area contributed by atoms with Crippen molar-refractivity contribution in [2.45, 2.75) is 30.2 Å². The molecule has 122 valence electrons. The average Bonchev–Trinajstić information content (AvgIpc) is 2.48. The lowest BCUT2D eigenvalue weighted by Crippen LogP contribution is -2.46. The van der Waals surface area contributed by atoms with Crippen molar-refractivity contribution in [2.75, 3.05) is 19.6 Å². The third kappa shape index (κ3) is 4.75. The monoisotopic (exact) mass is 329 g/mol. The number of carbonyl (C=O) groups excluding carboxylic acids is 1. The van der Waals surface area contributed by atoms with Gasteiger partial charge in [0, 0.05) is 25.6 Å². The standard InChI is InChI=1S/C14H20FN3O3S/c15-12-5-1-2-6-13(12)22(20,21)17-9-7-14(19)18-11-4-3-8-16-10-11/h1-2,5-6,11,16-17H,3-4,7-10H2,(H,18,19). The Bertz CT molecular complexity index is 616. The Hall–Kier alpha value is -1.51. The molecule has 1 unspecified atom stereocenters. The third-order valence-corrected chi connectivity index (χ3v) is 4.93. The quantitative estimate of drug-likeness (QED) is 0.703. The van der Waals surface area contributed by atoms with Gasteiger partial charge in [-0.15, -0.1) is 0 Å². The van der Waals surface area contributed by atoms with Crippen LogP contribution in [-0.2, 0) is 14.8 Å². The van der Waals surface area contributed by atoms with E-state index in [4.69, 9.17) is 0 Å². The molecule has 0 spiro atoms. The first-order chi connectivity index (χ1) is 10.5. The molecule has 1 aromatic rings. The summed E-state index contributed by atoms with van der Waals surface area (Å²) in [7, 11) is -3.94. The molecule has 1 heterocycles. The summed E-state index contributed by atoms with van der Waals surface area (Å²) >= 11 is 0. The molecular weight excluding hydrogens is 309 g/mol. The number of hydrogen-bond donors (Lipinski definition) is 3. The summed E-state index contributed by atoms with van der Waals surface area (Å²) in [6.45, 7) is 1.62. The second-order valence-corrected chi connectivity index (χ2v) is 6.92. The van der Waals surface area contributed by atoms with Crippen molar-refractivity contribution in [1.29, 1.82) is 0 Å². The molecular formula is C14H20FN3O3S. The fourth-order valence-corrected chi connectivity index (χ4v) is 3.42. The van der Waals surface area contributed by atoms with Gasteiger partial charge < -0.3 is 10.6 Å². The molecule has 0 bridgehead atoms. The van der Waals surface area contributed by atoms with Crippen LogP contribution in [-0.4, -0.2) is 40.0 Å². The van der Waals surface area contributed by atoms with E-state index in [2.05, 4.69) is 15.4 Å². The minimum Gasteiger partial charge on any atom is -0.352 e. The maximum absolute atomic E-state index is 13.5. The van der Waals surface area contributed by atoms with Crippen LogP contribution < -0.4 is 15.4 Å². The number of carbonyl (C=O) groups is 1. The number of benzene rings is 1. The number of amides is 1. The number of nitrogens with one attached hydrogen (secondary N) is 3. The van der Waals surface area contributed by atoms with Gasteiger partial charge in [-0.3, -0.25) is 4.79 Å². The first-order valence-electron chi connectivity index (χ1n) is 7.23. The molecule has 0 aliphatic carbocycles. The highest BCUT2D eigenvalue weighted by Gasteiger charge is 2.19. The number of piperidine rings is 1. The Morgan fingerprint density at radius 3 is 2.82 bits per heavy atom. The lowest BCUT2D eigenvalue weighted by atomic mass is 10.1. The Balaban J connectivity index is 1.80. The van der Waals surface area contributed by atoms with E-state index in [0.29, 0.717) is 0 Å². The predicted octanol–water partition coefficient (Wildman–Crippen LogP) is 0.362. The van der Waals surface area contributed by atoms with Crippen molar-refractivity contribution in [2.24, 2.45) is 0 Å².